The van der Waals surface area contributed by atoms with Gasteiger partial charge in [0.1, 0.15) is 10.6 Å². The Morgan fingerprint density at radius 2 is 1.22 bits per heavy atom. The van der Waals surface area contributed by atoms with E-state index in [0.717, 1.165) is 34.6 Å². The van der Waals surface area contributed by atoms with Crippen molar-refractivity contribution in [3.8, 4) is 0 Å². The van der Waals surface area contributed by atoms with Crippen molar-refractivity contribution in [3.05, 3.63) is 70.8 Å². The molecule has 0 atom stereocenters. The fourth-order valence-electron chi connectivity index (χ4n) is 3.18. The van der Waals surface area contributed by atoms with Gasteiger partial charge >= 0.3 is 0 Å². The lowest BCUT2D eigenvalue weighted by Gasteiger charge is -2.17. The van der Waals surface area contributed by atoms with Crippen LogP contribution in [0.5, 0.6) is 0 Å². The SMILES string of the molecule is CCc1ccccc1CSC1=NC(C)(C)C(SCc2ccccc2CC)=N1. The summed E-state index contributed by atoms with van der Waals surface area (Å²) < 4.78 is 0. The Morgan fingerprint density at radius 3 is 1.74 bits per heavy atom. The van der Waals surface area contributed by atoms with Gasteiger partial charge in [0.25, 0.3) is 0 Å². The van der Waals surface area contributed by atoms with Crippen LogP contribution in [0.25, 0.3) is 0 Å². The summed E-state index contributed by atoms with van der Waals surface area (Å²) in [5.41, 5.74) is 5.41. The maximum atomic E-state index is 4.88. The molecular formula is C23H28N2S2. The molecule has 0 saturated heterocycles. The molecule has 0 bridgehead atoms. The first kappa shape index (κ1) is 20.2. The van der Waals surface area contributed by atoms with Crippen LogP contribution in [0.1, 0.15) is 49.9 Å². The smallest absolute Gasteiger partial charge is 0.185 e. The molecule has 0 fully saturated rings. The second-order valence-electron chi connectivity index (χ2n) is 7.19. The predicted molar refractivity (Wildman–Crippen MR) is 123 cm³/mol. The van der Waals surface area contributed by atoms with Crippen LogP contribution in [0.2, 0.25) is 0 Å². The lowest BCUT2D eigenvalue weighted by molar-refractivity contribution is 0.728. The van der Waals surface area contributed by atoms with E-state index in [4.69, 9.17) is 9.98 Å². The predicted octanol–water partition coefficient (Wildman–Crippen LogP) is 6.52. The van der Waals surface area contributed by atoms with E-state index in [1.807, 2.05) is 11.8 Å². The summed E-state index contributed by atoms with van der Waals surface area (Å²) in [5, 5.41) is 2.04. The van der Waals surface area contributed by atoms with E-state index in [1.165, 1.54) is 22.3 Å². The molecule has 1 heterocycles. The largest absolute Gasteiger partial charge is 0.248 e. The quantitative estimate of drug-likeness (QED) is 0.555. The minimum absolute atomic E-state index is 0.224. The van der Waals surface area contributed by atoms with Crippen LogP contribution >= 0.6 is 23.5 Å². The van der Waals surface area contributed by atoms with Gasteiger partial charge in [0, 0.05) is 11.5 Å². The molecule has 0 saturated carbocycles. The summed E-state index contributed by atoms with van der Waals surface area (Å²) in [6.07, 6.45) is 2.14. The second-order valence-corrected chi connectivity index (χ2v) is 9.10. The van der Waals surface area contributed by atoms with Gasteiger partial charge in [0.2, 0.25) is 0 Å². The third kappa shape index (κ3) is 5.05. The molecule has 1 aliphatic rings. The van der Waals surface area contributed by atoms with Gasteiger partial charge in [-0.15, -0.1) is 11.8 Å². The highest BCUT2D eigenvalue weighted by Crippen LogP contribution is 2.33. The average Bonchev–Trinajstić information content (AvgIpc) is 2.98. The Kier molecular flexibility index (Phi) is 6.83. The van der Waals surface area contributed by atoms with Crippen LogP contribution in [0.3, 0.4) is 0 Å². The molecule has 2 aromatic rings. The van der Waals surface area contributed by atoms with Crippen molar-refractivity contribution in [3.63, 3.8) is 0 Å². The van der Waals surface area contributed by atoms with E-state index in [2.05, 4.69) is 76.2 Å². The van der Waals surface area contributed by atoms with Crippen molar-refractivity contribution < 1.29 is 0 Å². The molecule has 2 aromatic carbocycles. The summed E-state index contributed by atoms with van der Waals surface area (Å²) in [4.78, 5) is 9.76. The molecule has 0 aromatic heterocycles. The lowest BCUT2D eigenvalue weighted by atomic mass is 10.1. The van der Waals surface area contributed by atoms with Gasteiger partial charge in [-0.1, -0.05) is 74.1 Å². The third-order valence-electron chi connectivity index (χ3n) is 4.82. The number of hydrogen-bond donors (Lipinski definition) is 0. The fourth-order valence-corrected chi connectivity index (χ4v) is 5.38. The number of nitrogens with zero attached hydrogens (tertiary/aromatic N) is 2. The fraction of sp³-hybridized carbons (Fsp3) is 0.391. The first-order valence-corrected chi connectivity index (χ1v) is 11.6. The summed E-state index contributed by atoms with van der Waals surface area (Å²) in [5.74, 6) is 1.89. The summed E-state index contributed by atoms with van der Waals surface area (Å²) in [7, 11) is 0. The maximum Gasteiger partial charge on any atom is 0.185 e. The molecule has 0 unspecified atom stereocenters. The summed E-state index contributed by atoms with van der Waals surface area (Å²) in [6.45, 7) is 8.75. The van der Waals surface area contributed by atoms with E-state index in [9.17, 15) is 0 Å². The number of rotatable bonds is 6. The van der Waals surface area contributed by atoms with Crippen molar-refractivity contribution in [2.45, 2.75) is 57.6 Å². The zero-order valence-electron chi connectivity index (χ0n) is 16.7. The van der Waals surface area contributed by atoms with Gasteiger partial charge in [-0.05, 0) is 48.9 Å². The summed E-state index contributed by atoms with van der Waals surface area (Å²) in [6, 6.07) is 17.4. The van der Waals surface area contributed by atoms with Gasteiger partial charge in [-0.25, -0.2) is 9.98 Å². The van der Waals surface area contributed by atoms with Crippen molar-refractivity contribution in [2.24, 2.45) is 9.98 Å². The molecule has 0 spiro atoms. The minimum atomic E-state index is -0.224. The second kappa shape index (κ2) is 9.11. The van der Waals surface area contributed by atoms with Crippen LogP contribution in [-0.4, -0.2) is 15.8 Å². The van der Waals surface area contributed by atoms with Crippen LogP contribution in [0.15, 0.2) is 58.5 Å². The van der Waals surface area contributed by atoms with E-state index >= 15 is 0 Å². The van der Waals surface area contributed by atoms with Crippen molar-refractivity contribution in [1.82, 2.24) is 0 Å². The van der Waals surface area contributed by atoms with E-state index in [1.54, 1.807) is 11.8 Å². The molecule has 0 aliphatic carbocycles. The van der Waals surface area contributed by atoms with Crippen LogP contribution < -0.4 is 0 Å². The molecule has 0 amide bonds. The first-order chi connectivity index (χ1) is 13.0. The van der Waals surface area contributed by atoms with Crippen molar-refractivity contribution in [1.29, 1.82) is 0 Å². The van der Waals surface area contributed by atoms with Gasteiger partial charge in [-0.2, -0.15) is 0 Å². The third-order valence-corrected chi connectivity index (χ3v) is 7.03. The molecule has 1 aliphatic heterocycles. The van der Waals surface area contributed by atoms with Crippen molar-refractivity contribution >= 4 is 33.7 Å². The molecule has 0 radical (unpaired) electrons. The highest BCUT2D eigenvalue weighted by atomic mass is 32.2. The monoisotopic (exact) mass is 396 g/mol. The highest BCUT2D eigenvalue weighted by Gasteiger charge is 2.31. The average molecular weight is 397 g/mol. The normalized spacial score (nSPS) is 15.6. The number of aliphatic imine (C=N–C) groups is 2. The van der Waals surface area contributed by atoms with Gasteiger partial charge < -0.3 is 0 Å². The number of thioether (sulfide) groups is 2. The molecule has 4 heteroatoms. The van der Waals surface area contributed by atoms with Crippen molar-refractivity contribution in [2.75, 3.05) is 0 Å². The molecule has 142 valence electrons. The van der Waals surface area contributed by atoms with Crippen LogP contribution in [0, 0.1) is 0 Å². The van der Waals surface area contributed by atoms with Gasteiger partial charge in [0.05, 0.1) is 0 Å². The topological polar surface area (TPSA) is 24.7 Å². The minimum Gasteiger partial charge on any atom is -0.248 e. The Morgan fingerprint density at radius 1 is 0.741 bits per heavy atom. The zero-order valence-corrected chi connectivity index (χ0v) is 18.3. The van der Waals surface area contributed by atoms with E-state index < -0.39 is 0 Å². The van der Waals surface area contributed by atoms with Gasteiger partial charge in [0.15, 0.2) is 5.17 Å². The number of amidine groups is 1. The molecule has 3 rings (SSSR count). The highest BCUT2D eigenvalue weighted by molar-refractivity contribution is 8.15. The molecule has 2 nitrogen and oxygen atoms in total. The Labute approximate surface area is 172 Å². The number of benzene rings is 2. The number of aryl methyl sites for hydroxylation is 2. The first-order valence-electron chi connectivity index (χ1n) is 9.61. The van der Waals surface area contributed by atoms with E-state index in [-0.39, 0.29) is 5.54 Å². The molecular weight excluding hydrogens is 368 g/mol. The maximum absolute atomic E-state index is 4.88. The van der Waals surface area contributed by atoms with E-state index in [0.29, 0.717) is 0 Å². The molecule has 27 heavy (non-hydrogen) atoms. The molecule has 0 N–H and O–H groups in total. The van der Waals surface area contributed by atoms with Gasteiger partial charge in [-0.3, -0.25) is 0 Å². The van der Waals surface area contributed by atoms with Crippen LogP contribution in [0.4, 0.5) is 0 Å². The Balaban J connectivity index is 1.65. The number of hydrogen-bond acceptors (Lipinski definition) is 4. The Bertz CT molecular complexity index is 853. The Hall–Kier alpha value is -1.52. The van der Waals surface area contributed by atoms with Crippen LogP contribution in [-0.2, 0) is 24.3 Å². The standard InChI is InChI=1S/C23H28N2S2/c1-5-17-11-7-9-13-19(17)15-26-21-23(3,4)25-22(24-21)27-16-20-14-10-8-12-18(20)6-2/h7-14H,5-6,15-16H2,1-4H3. The lowest BCUT2D eigenvalue weighted by Crippen LogP contribution is -2.23. The zero-order chi connectivity index (χ0) is 19.3. The summed E-state index contributed by atoms with van der Waals surface area (Å²) >= 11 is 3.58.